The van der Waals surface area contributed by atoms with Crippen molar-refractivity contribution >= 4 is 44.5 Å². The van der Waals surface area contributed by atoms with Gasteiger partial charge >= 0.3 is 0 Å². The quantitative estimate of drug-likeness (QED) is 0.671. The van der Waals surface area contributed by atoms with E-state index in [1.807, 2.05) is 0 Å². The van der Waals surface area contributed by atoms with Crippen LogP contribution in [0.3, 0.4) is 0 Å². The van der Waals surface area contributed by atoms with Gasteiger partial charge in [0.05, 0.1) is 0 Å². The Balaban J connectivity index is 3.77. The third kappa shape index (κ3) is 7.83. The van der Waals surface area contributed by atoms with E-state index >= 15 is 0 Å². The lowest BCUT2D eigenvalue weighted by Gasteiger charge is -2.09. The Labute approximate surface area is 104 Å². The third-order valence-corrected chi connectivity index (χ3v) is 3.65. The molecule has 1 unspecified atom stereocenters. The Morgan fingerprint density at radius 2 is 1.92 bits per heavy atom. The van der Waals surface area contributed by atoms with Crippen molar-refractivity contribution in [3.05, 3.63) is 21.1 Å². The Morgan fingerprint density at radius 1 is 1.38 bits per heavy atom. The van der Waals surface area contributed by atoms with Crippen LogP contribution in [0.5, 0.6) is 0 Å². The van der Waals surface area contributed by atoms with Gasteiger partial charge < -0.3 is 0 Å². The fraction of sp³-hybridized carbons (Fsp3) is 0.600. The predicted molar refractivity (Wildman–Crippen MR) is 72.0 cm³/mol. The highest BCUT2D eigenvalue weighted by Crippen LogP contribution is 2.24. The summed E-state index contributed by atoms with van der Waals surface area (Å²) < 4.78 is 2.33. The van der Waals surface area contributed by atoms with E-state index in [9.17, 15) is 0 Å². The summed E-state index contributed by atoms with van der Waals surface area (Å²) in [5, 5.41) is 0.402. The van der Waals surface area contributed by atoms with Crippen molar-refractivity contribution < 1.29 is 0 Å². The van der Waals surface area contributed by atoms with Gasteiger partial charge in [0.1, 0.15) is 0 Å². The summed E-state index contributed by atoms with van der Waals surface area (Å²) in [6.45, 7) is 8.03. The van der Waals surface area contributed by atoms with Gasteiger partial charge in [-0.1, -0.05) is 44.0 Å². The molecule has 0 saturated heterocycles. The maximum atomic E-state index is 4.48. The maximum Gasteiger partial charge on any atom is 0.00654 e. The highest BCUT2D eigenvalue weighted by Gasteiger charge is 2.05. The van der Waals surface area contributed by atoms with Gasteiger partial charge in [-0.25, -0.2) is 0 Å². The van der Waals surface area contributed by atoms with Crippen molar-refractivity contribution in [2.24, 2.45) is 0 Å². The normalized spacial score (nSPS) is 12.4. The van der Waals surface area contributed by atoms with Crippen molar-refractivity contribution in [3.63, 3.8) is 0 Å². The molecule has 0 amide bonds. The fourth-order valence-electron chi connectivity index (χ4n) is 0.901. The van der Waals surface area contributed by atoms with Crippen LogP contribution in [0.1, 0.15) is 33.1 Å². The average molecular weight is 328 g/mol. The van der Waals surface area contributed by atoms with Crippen molar-refractivity contribution in [3.8, 4) is 0 Å². The van der Waals surface area contributed by atoms with E-state index in [4.69, 9.17) is 0 Å². The summed E-state index contributed by atoms with van der Waals surface area (Å²) in [6, 6.07) is 0. The van der Waals surface area contributed by atoms with E-state index in [0.29, 0.717) is 5.25 Å². The molecule has 0 fully saturated rings. The van der Waals surface area contributed by atoms with Gasteiger partial charge in [0.15, 0.2) is 0 Å². The Hall–Kier alpha value is 0.790. The molecule has 0 aromatic rings. The van der Waals surface area contributed by atoms with Gasteiger partial charge in [0.2, 0.25) is 0 Å². The zero-order valence-electron chi connectivity index (χ0n) is 8.11. The monoisotopic (exact) mass is 326 g/mol. The zero-order valence-corrected chi connectivity index (χ0v) is 12.2. The van der Waals surface area contributed by atoms with Crippen LogP contribution < -0.4 is 0 Å². The first kappa shape index (κ1) is 13.8. The number of halogens is 2. The van der Waals surface area contributed by atoms with E-state index in [1.165, 1.54) is 10.1 Å². The van der Waals surface area contributed by atoms with Crippen LogP contribution in [0.4, 0.5) is 0 Å². The maximum absolute atomic E-state index is 4.48. The molecule has 0 aromatic carbocycles. The van der Waals surface area contributed by atoms with Crippen LogP contribution in [-0.2, 0) is 0 Å². The number of allylic oxidation sites excluding steroid dienone is 3. The Bertz CT molecular complexity index is 205. The molecule has 0 aliphatic heterocycles. The molecule has 13 heavy (non-hydrogen) atoms. The first-order chi connectivity index (χ1) is 5.93. The summed E-state index contributed by atoms with van der Waals surface area (Å²) in [5.74, 6) is 0. The minimum Gasteiger partial charge on any atom is -0.176 e. The average Bonchev–Trinajstić information content (AvgIpc) is 1.98. The summed E-state index contributed by atoms with van der Waals surface area (Å²) in [5.41, 5.74) is 1.35. The van der Waals surface area contributed by atoms with Crippen LogP contribution >= 0.6 is 44.5 Å². The number of hydrogen-bond acceptors (Lipinski definition) is 1. The van der Waals surface area contributed by atoms with Crippen LogP contribution in [0.15, 0.2) is 21.1 Å². The van der Waals surface area contributed by atoms with Gasteiger partial charge in [-0.2, -0.15) is 12.6 Å². The second-order valence-corrected chi connectivity index (χ2v) is 6.13. The van der Waals surface area contributed by atoms with Gasteiger partial charge in [-0.3, -0.25) is 0 Å². The molecule has 1 atom stereocenters. The van der Waals surface area contributed by atoms with E-state index < -0.39 is 0 Å². The summed E-state index contributed by atoms with van der Waals surface area (Å²) in [4.78, 5) is 0. The molecule has 0 nitrogen and oxygen atoms in total. The minimum atomic E-state index is 0.402. The second-order valence-electron chi connectivity index (χ2n) is 3.32. The van der Waals surface area contributed by atoms with Gasteiger partial charge in [-0.15, -0.1) is 0 Å². The summed E-state index contributed by atoms with van der Waals surface area (Å²) in [6.07, 6.45) is 3.09. The molecule has 3 heteroatoms. The van der Waals surface area contributed by atoms with Gasteiger partial charge in [0.25, 0.3) is 0 Å². The van der Waals surface area contributed by atoms with Crippen LogP contribution in [0, 0.1) is 0 Å². The standard InChI is InChI=1S/C10H16Br2S/c1-7(2)10(12)5-4-9(13)6-8(3)11/h9,13H,3-6H2,1-2H3. The molecule has 0 aliphatic rings. The first-order valence-electron chi connectivity index (χ1n) is 4.26. The molecule has 76 valence electrons. The lowest BCUT2D eigenvalue weighted by molar-refractivity contribution is 0.777. The Kier molecular flexibility index (Phi) is 7.56. The highest BCUT2D eigenvalue weighted by molar-refractivity contribution is 9.12. The molecular formula is C10H16Br2S. The van der Waals surface area contributed by atoms with Crippen molar-refractivity contribution in [2.45, 2.75) is 38.4 Å². The summed E-state index contributed by atoms with van der Waals surface area (Å²) >= 11 is 11.4. The number of thiol groups is 1. The van der Waals surface area contributed by atoms with E-state index in [1.54, 1.807) is 0 Å². The summed E-state index contributed by atoms with van der Waals surface area (Å²) in [7, 11) is 0. The largest absolute Gasteiger partial charge is 0.176 e. The van der Waals surface area contributed by atoms with E-state index in [0.717, 1.165) is 23.7 Å². The fourth-order valence-corrected chi connectivity index (χ4v) is 2.12. The number of rotatable bonds is 5. The first-order valence-corrected chi connectivity index (χ1v) is 6.37. The lowest BCUT2D eigenvalue weighted by Crippen LogP contribution is -1.98. The van der Waals surface area contributed by atoms with Crippen molar-refractivity contribution in [1.82, 2.24) is 0 Å². The molecule has 0 spiro atoms. The van der Waals surface area contributed by atoms with Crippen LogP contribution in [0.25, 0.3) is 0 Å². The SMILES string of the molecule is C=C(Br)CC(S)CCC(Br)=C(C)C. The molecule has 0 heterocycles. The molecule has 0 aliphatic carbocycles. The van der Waals surface area contributed by atoms with E-state index in [2.05, 4.69) is 64.9 Å². The smallest absolute Gasteiger partial charge is 0.00654 e. The minimum absolute atomic E-state index is 0.402. The molecule has 0 bridgehead atoms. The predicted octanol–water partition coefficient (Wildman–Crippen LogP) is 5.05. The van der Waals surface area contributed by atoms with Gasteiger partial charge in [-0.05, 0) is 42.1 Å². The Morgan fingerprint density at radius 3 is 2.31 bits per heavy atom. The van der Waals surface area contributed by atoms with Crippen molar-refractivity contribution in [1.29, 1.82) is 0 Å². The molecule has 0 aromatic heterocycles. The topological polar surface area (TPSA) is 0 Å². The molecule has 0 saturated carbocycles. The second kappa shape index (κ2) is 7.13. The molecule has 0 N–H and O–H groups in total. The van der Waals surface area contributed by atoms with Crippen LogP contribution in [0.2, 0.25) is 0 Å². The third-order valence-electron chi connectivity index (χ3n) is 1.70. The lowest BCUT2D eigenvalue weighted by atomic mass is 10.1. The van der Waals surface area contributed by atoms with E-state index in [-0.39, 0.29) is 0 Å². The zero-order chi connectivity index (χ0) is 10.4. The van der Waals surface area contributed by atoms with Crippen molar-refractivity contribution in [2.75, 3.05) is 0 Å². The molecular weight excluding hydrogens is 312 g/mol. The molecule has 0 radical (unpaired) electrons. The molecule has 0 rings (SSSR count). The highest BCUT2D eigenvalue weighted by atomic mass is 79.9. The van der Waals surface area contributed by atoms with Crippen LogP contribution in [-0.4, -0.2) is 5.25 Å². The number of hydrogen-bond donors (Lipinski definition) is 1. The van der Waals surface area contributed by atoms with Gasteiger partial charge in [0, 0.05) is 5.25 Å².